The van der Waals surface area contributed by atoms with Crippen molar-refractivity contribution in [3.63, 3.8) is 0 Å². The molecule has 2 N–H and O–H groups in total. The van der Waals surface area contributed by atoms with Crippen LogP contribution in [-0.4, -0.2) is 12.6 Å². The van der Waals surface area contributed by atoms with Crippen LogP contribution < -0.4 is 5.73 Å². The van der Waals surface area contributed by atoms with Crippen LogP contribution in [0.5, 0.6) is 0 Å². The van der Waals surface area contributed by atoms with E-state index in [9.17, 15) is 4.79 Å². The first-order valence-electron chi connectivity index (χ1n) is 5.61. The van der Waals surface area contributed by atoms with Gasteiger partial charge in [0.25, 0.3) is 0 Å². The van der Waals surface area contributed by atoms with E-state index in [-0.39, 0.29) is 6.61 Å². The molecule has 1 atom stereocenters. The molecule has 0 saturated heterocycles. The second-order valence-electron chi connectivity index (χ2n) is 4.22. The van der Waals surface area contributed by atoms with Gasteiger partial charge in [0, 0.05) is 9.86 Å². The average molecular weight is 312 g/mol. The van der Waals surface area contributed by atoms with E-state index >= 15 is 0 Å². The molecule has 2 rings (SSSR count). The number of esters is 1. The Bertz CT molecular complexity index is 589. The zero-order chi connectivity index (χ0) is 13.3. The van der Waals surface area contributed by atoms with Crippen molar-refractivity contribution in [3.05, 3.63) is 34.5 Å². The Labute approximate surface area is 113 Å². The number of ether oxygens (including phenoxy) is 1. The molecule has 4 nitrogen and oxygen atoms in total. The molecule has 0 aliphatic heterocycles. The van der Waals surface area contributed by atoms with Crippen molar-refractivity contribution in [1.29, 1.82) is 0 Å². The molecular formula is C13H14BrNO3. The summed E-state index contributed by atoms with van der Waals surface area (Å²) in [5, 5.41) is 0.889. The van der Waals surface area contributed by atoms with Crippen LogP contribution in [0, 0.1) is 0 Å². The number of halogens is 1. The van der Waals surface area contributed by atoms with Crippen molar-refractivity contribution in [2.24, 2.45) is 5.73 Å². The molecule has 0 aliphatic rings. The Morgan fingerprint density at radius 2 is 2.22 bits per heavy atom. The van der Waals surface area contributed by atoms with Crippen LogP contribution in [-0.2, 0) is 15.1 Å². The zero-order valence-electron chi connectivity index (χ0n) is 10.2. The average Bonchev–Trinajstić information content (AvgIpc) is 2.72. The molecule has 2 aromatic rings. The lowest BCUT2D eigenvalue weighted by Gasteiger charge is -2.19. The van der Waals surface area contributed by atoms with Gasteiger partial charge in [-0.25, -0.2) is 4.79 Å². The van der Waals surface area contributed by atoms with Gasteiger partial charge in [-0.2, -0.15) is 0 Å². The van der Waals surface area contributed by atoms with Gasteiger partial charge in [0.1, 0.15) is 11.3 Å². The topological polar surface area (TPSA) is 65.5 Å². The summed E-state index contributed by atoms with van der Waals surface area (Å²) < 4.78 is 11.5. The molecule has 0 radical (unpaired) electrons. The molecule has 0 saturated carbocycles. The van der Waals surface area contributed by atoms with Gasteiger partial charge in [-0.15, -0.1) is 0 Å². The third kappa shape index (κ3) is 2.28. The number of benzene rings is 1. The maximum absolute atomic E-state index is 11.8. The molecule has 1 heterocycles. The molecule has 0 aliphatic carbocycles. The number of hydrogen-bond acceptors (Lipinski definition) is 4. The van der Waals surface area contributed by atoms with E-state index < -0.39 is 11.5 Å². The number of furan rings is 1. The van der Waals surface area contributed by atoms with Crippen LogP contribution >= 0.6 is 15.9 Å². The lowest BCUT2D eigenvalue weighted by molar-refractivity contribution is -0.150. The third-order valence-corrected chi connectivity index (χ3v) is 3.18. The highest BCUT2D eigenvalue weighted by Gasteiger charge is 2.35. The second kappa shape index (κ2) is 4.74. The van der Waals surface area contributed by atoms with E-state index in [2.05, 4.69) is 15.9 Å². The van der Waals surface area contributed by atoms with Crippen LogP contribution in [0.25, 0.3) is 11.0 Å². The molecule has 96 valence electrons. The predicted octanol–water partition coefficient (Wildman–Crippen LogP) is 2.93. The number of carbonyl (C=O) groups is 1. The summed E-state index contributed by atoms with van der Waals surface area (Å²) in [4.78, 5) is 11.8. The van der Waals surface area contributed by atoms with Crippen LogP contribution in [0.15, 0.2) is 33.2 Å². The van der Waals surface area contributed by atoms with Crippen LogP contribution in [0.1, 0.15) is 19.6 Å². The fourth-order valence-corrected chi connectivity index (χ4v) is 2.03. The lowest BCUT2D eigenvalue weighted by atomic mass is 10.0. The highest BCUT2D eigenvalue weighted by molar-refractivity contribution is 9.10. The van der Waals surface area contributed by atoms with Crippen LogP contribution in [0.2, 0.25) is 0 Å². The Balaban J connectivity index is 2.44. The SMILES string of the molecule is CCOC(=O)C(C)(N)c1cc2cc(Br)ccc2o1. The van der Waals surface area contributed by atoms with Crippen LogP contribution in [0.3, 0.4) is 0 Å². The molecule has 0 bridgehead atoms. The molecule has 0 fully saturated rings. The maximum atomic E-state index is 11.8. The fraction of sp³-hybridized carbons (Fsp3) is 0.308. The second-order valence-corrected chi connectivity index (χ2v) is 5.13. The summed E-state index contributed by atoms with van der Waals surface area (Å²) in [5.41, 5.74) is 5.40. The van der Waals surface area contributed by atoms with Gasteiger partial charge >= 0.3 is 5.97 Å². The molecule has 5 heteroatoms. The standard InChI is InChI=1S/C13H14BrNO3/c1-3-17-12(16)13(2,15)11-7-8-6-9(14)4-5-10(8)18-11/h4-7H,3,15H2,1-2H3. The van der Waals surface area contributed by atoms with Crippen molar-refractivity contribution >= 4 is 32.9 Å². The normalized spacial score (nSPS) is 14.4. The predicted molar refractivity (Wildman–Crippen MR) is 72.1 cm³/mol. The Morgan fingerprint density at radius 1 is 1.50 bits per heavy atom. The van der Waals surface area contributed by atoms with Gasteiger partial charge in [0.05, 0.1) is 6.61 Å². The number of fused-ring (bicyclic) bond motifs is 1. The summed E-state index contributed by atoms with van der Waals surface area (Å²) in [6, 6.07) is 7.36. The molecule has 1 unspecified atom stereocenters. The first-order valence-corrected chi connectivity index (χ1v) is 6.40. The van der Waals surface area contributed by atoms with E-state index in [1.165, 1.54) is 0 Å². The Morgan fingerprint density at radius 3 is 2.89 bits per heavy atom. The van der Waals surface area contributed by atoms with Gasteiger partial charge in [-0.3, -0.25) is 0 Å². The van der Waals surface area contributed by atoms with Gasteiger partial charge in [0.15, 0.2) is 5.54 Å². The van der Waals surface area contributed by atoms with Gasteiger partial charge in [-0.1, -0.05) is 15.9 Å². The number of hydrogen-bond donors (Lipinski definition) is 1. The van der Waals surface area contributed by atoms with E-state index in [1.54, 1.807) is 19.9 Å². The molecule has 0 amide bonds. The van der Waals surface area contributed by atoms with Crippen LogP contribution in [0.4, 0.5) is 0 Å². The van der Waals surface area contributed by atoms with Crippen molar-refractivity contribution in [3.8, 4) is 0 Å². The van der Waals surface area contributed by atoms with Crippen molar-refractivity contribution in [1.82, 2.24) is 0 Å². The first kappa shape index (κ1) is 13.1. The number of nitrogens with two attached hydrogens (primary N) is 1. The maximum Gasteiger partial charge on any atom is 0.333 e. The molecule has 0 spiro atoms. The van der Waals surface area contributed by atoms with E-state index in [0.29, 0.717) is 11.3 Å². The Hall–Kier alpha value is -1.33. The summed E-state index contributed by atoms with van der Waals surface area (Å²) in [6.45, 7) is 3.61. The monoisotopic (exact) mass is 311 g/mol. The number of rotatable bonds is 3. The lowest BCUT2D eigenvalue weighted by Crippen LogP contribution is -2.42. The smallest absolute Gasteiger partial charge is 0.333 e. The minimum Gasteiger partial charge on any atom is -0.464 e. The van der Waals surface area contributed by atoms with Gasteiger partial charge < -0.3 is 14.9 Å². The van der Waals surface area contributed by atoms with E-state index in [1.807, 2.05) is 18.2 Å². The number of carbonyl (C=O) groups excluding carboxylic acids is 1. The van der Waals surface area contributed by atoms with Crippen molar-refractivity contribution in [2.45, 2.75) is 19.4 Å². The van der Waals surface area contributed by atoms with Crippen molar-refractivity contribution < 1.29 is 13.9 Å². The zero-order valence-corrected chi connectivity index (χ0v) is 11.8. The molecule has 1 aromatic heterocycles. The van der Waals surface area contributed by atoms with Crippen molar-refractivity contribution in [2.75, 3.05) is 6.61 Å². The fourth-order valence-electron chi connectivity index (χ4n) is 1.65. The summed E-state index contributed by atoms with van der Waals surface area (Å²) in [5.74, 6) is -0.0998. The first-order chi connectivity index (χ1) is 8.45. The Kier molecular flexibility index (Phi) is 3.45. The van der Waals surface area contributed by atoms with E-state index in [4.69, 9.17) is 14.9 Å². The molecule has 1 aromatic carbocycles. The summed E-state index contributed by atoms with van der Waals surface area (Å²) >= 11 is 3.38. The highest BCUT2D eigenvalue weighted by atomic mass is 79.9. The van der Waals surface area contributed by atoms with Gasteiger partial charge in [0.2, 0.25) is 0 Å². The summed E-state index contributed by atoms with van der Waals surface area (Å²) in [7, 11) is 0. The van der Waals surface area contributed by atoms with Gasteiger partial charge in [-0.05, 0) is 38.1 Å². The largest absolute Gasteiger partial charge is 0.464 e. The quantitative estimate of drug-likeness (QED) is 0.885. The molecule has 18 heavy (non-hydrogen) atoms. The third-order valence-electron chi connectivity index (χ3n) is 2.69. The molecular weight excluding hydrogens is 298 g/mol. The summed E-state index contributed by atoms with van der Waals surface area (Å²) in [6.07, 6.45) is 0. The minimum absolute atomic E-state index is 0.289. The highest BCUT2D eigenvalue weighted by Crippen LogP contribution is 2.29. The minimum atomic E-state index is -1.28. The van der Waals surface area contributed by atoms with E-state index in [0.717, 1.165) is 9.86 Å².